The van der Waals surface area contributed by atoms with Crippen molar-refractivity contribution in [2.24, 2.45) is 0 Å². The minimum absolute atomic E-state index is 0.0302. The molecule has 0 amide bonds. The number of hydrogen-bond acceptors (Lipinski definition) is 2. The summed E-state index contributed by atoms with van der Waals surface area (Å²) in [6.07, 6.45) is 2.63. The molecule has 0 aromatic heterocycles. The van der Waals surface area contributed by atoms with Crippen LogP contribution in [0.3, 0.4) is 0 Å². The molecule has 0 aromatic rings. The highest BCUT2D eigenvalue weighted by Crippen LogP contribution is 2.39. The highest BCUT2D eigenvalue weighted by Gasteiger charge is 2.24. The van der Waals surface area contributed by atoms with Crippen LogP contribution in [0.5, 0.6) is 0 Å². The SMILES string of the molecule is CCCc1cc(C(C)C)ccc2c(S(=O)(=O)O)cc(CC)c1-2. The second-order valence-electron chi connectivity index (χ2n) is 6.06. The highest BCUT2D eigenvalue weighted by atomic mass is 32.2. The first-order valence-electron chi connectivity index (χ1n) is 7.85. The molecule has 2 rings (SSSR count). The van der Waals surface area contributed by atoms with Gasteiger partial charge in [-0.3, -0.25) is 4.55 Å². The maximum atomic E-state index is 11.7. The average Bonchev–Trinajstić information content (AvgIpc) is 2.70. The molecule has 0 saturated heterocycles. The molecule has 0 heterocycles. The Balaban J connectivity index is 2.87. The van der Waals surface area contributed by atoms with E-state index in [9.17, 15) is 13.0 Å². The molecular weight excluding hydrogens is 296 g/mol. The molecule has 0 bridgehead atoms. The van der Waals surface area contributed by atoms with Crippen LogP contribution in [0.2, 0.25) is 0 Å². The Bertz CT molecular complexity index is 745. The maximum Gasteiger partial charge on any atom is 0.295 e. The van der Waals surface area contributed by atoms with Gasteiger partial charge in [0.25, 0.3) is 10.1 Å². The first-order valence-corrected chi connectivity index (χ1v) is 9.29. The van der Waals surface area contributed by atoms with Crippen LogP contribution < -0.4 is 0 Å². The fraction of sp³-hybridized carbons (Fsp3) is 0.444. The van der Waals surface area contributed by atoms with Crippen LogP contribution in [0, 0.1) is 0 Å². The van der Waals surface area contributed by atoms with Gasteiger partial charge in [-0.1, -0.05) is 52.3 Å². The molecule has 120 valence electrons. The van der Waals surface area contributed by atoms with Crippen LogP contribution in [-0.2, 0) is 23.0 Å². The summed E-state index contributed by atoms with van der Waals surface area (Å²) in [7, 11) is -4.21. The van der Waals surface area contributed by atoms with E-state index < -0.39 is 10.1 Å². The van der Waals surface area contributed by atoms with E-state index in [-0.39, 0.29) is 4.90 Å². The van der Waals surface area contributed by atoms with E-state index in [0.717, 1.165) is 36.0 Å². The van der Waals surface area contributed by atoms with E-state index >= 15 is 0 Å². The number of hydrogen-bond donors (Lipinski definition) is 1. The molecule has 0 fully saturated rings. The van der Waals surface area contributed by atoms with Crippen molar-refractivity contribution in [1.29, 1.82) is 0 Å². The van der Waals surface area contributed by atoms with Crippen LogP contribution in [-0.4, -0.2) is 13.0 Å². The largest absolute Gasteiger partial charge is 0.295 e. The summed E-state index contributed by atoms with van der Waals surface area (Å²) in [5.74, 6) is 0.367. The van der Waals surface area contributed by atoms with Gasteiger partial charge in [0, 0.05) is 5.56 Å². The van der Waals surface area contributed by atoms with Gasteiger partial charge in [-0.2, -0.15) is 8.42 Å². The van der Waals surface area contributed by atoms with Crippen LogP contribution in [0.15, 0.2) is 29.2 Å². The van der Waals surface area contributed by atoms with Crippen molar-refractivity contribution in [2.45, 2.75) is 57.8 Å². The molecule has 3 nitrogen and oxygen atoms in total. The quantitative estimate of drug-likeness (QED) is 0.814. The van der Waals surface area contributed by atoms with Crippen molar-refractivity contribution in [3.63, 3.8) is 0 Å². The van der Waals surface area contributed by atoms with E-state index in [1.165, 1.54) is 5.56 Å². The Hall–Kier alpha value is -1.39. The summed E-state index contributed by atoms with van der Waals surface area (Å²) in [6, 6.07) is 7.62. The minimum atomic E-state index is -4.21. The van der Waals surface area contributed by atoms with Crippen molar-refractivity contribution >= 4 is 10.1 Å². The monoisotopic (exact) mass is 320 g/mol. The summed E-state index contributed by atoms with van der Waals surface area (Å²) >= 11 is 0. The van der Waals surface area contributed by atoms with Gasteiger partial charge in [-0.15, -0.1) is 0 Å². The standard InChI is InChI=1S/C18H24O3S/c1-5-7-15-10-14(12(3)4)8-9-16-17(22(19,20)21)11-13(6-2)18(15)16/h8-12H,5-7H2,1-4H3,(H,19,20,21). The molecule has 0 radical (unpaired) electrons. The zero-order valence-electron chi connectivity index (χ0n) is 13.7. The van der Waals surface area contributed by atoms with Crippen LogP contribution in [0.4, 0.5) is 0 Å². The fourth-order valence-electron chi connectivity index (χ4n) is 2.97. The Kier molecular flexibility index (Phi) is 4.93. The topological polar surface area (TPSA) is 54.4 Å². The van der Waals surface area contributed by atoms with Gasteiger partial charge in [0.1, 0.15) is 4.90 Å². The number of rotatable bonds is 5. The van der Waals surface area contributed by atoms with Gasteiger partial charge >= 0.3 is 0 Å². The third-order valence-electron chi connectivity index (χ3n) is 4.11. The first-order chi connectivity index (χ1) is 10.3. The van der Waals surface area contributed by atoms with Crippen molar-refractivity contribution in [3.8, 4) is 11.1 Å². The van der Waals surface area contributed by atoms with Crippen molar-refractivity contribution in [2.75, 3.05) is 0 Å². The Morgan fingerprint density at radius 2 is 1.77 bits per heavy atom. The average molecular weight is 320 g/mol. The molecule has 2 aliphatic carbocycles. The number of aryl methyl sites for hydroxylation is 2. The van der Waals surface area contributed by atoms with Gasteiger partial charge in [-0.25, -0.2) is 0 Å². The summed E-state index contributed by atoms with van der Waals surface area (Å²) < 4.78 is 33.0. The van der Waals surface area contributed by atoms with E-state index in [0.29, 0.717) is 11.5 Å². The van der Waals surface area contributed by atoms with Gasteiger partial charge in [0.05, 0.1) is 0 Å². The molecule has 0 unspecified atom stereocenters. The van der Waals surface area contributed by atoms with Gasteiger partial charge in [0.2, 0.25) is 0 Å². The van der Waals surface area contributed by atoms with E-state index in [1.54, 1.807) is 6.07 Å². The lowest BCUT2D eigenvalue weighted by atomic mass is 9.97. The molecule has 0 spiro atoms. The molecule has 0 aromatic carbocycles. The van der Waals surface area contributed by atoms with E-state index in [4.69, 9.17) is 0 Å². The second kappa shape index (κ2) is 6.39. The van der Waals surface area contributed by atoms with Crippen molar-refractivity contribution < 1.29 is 13.0 Å². The van der Waals surface area contributed by atoms with Crippen molar-refractivity contribution in [3.05, 3.63) is 41.0 Å². The molecule has 1 N–H and O–H groups in total. The lowest BCUT2D eigenvalue weighted by molar-refractivity contribution is 0.484. The highest BCUT2D eigenvalue weighted by molar-refractivity contribution is 7.86. The fourth-order valence-corrected chi connectivity index (χ4v) is 3.71. The molecule has 0 atom stereocenters. The first kappa shape index (κ1) is 17.0. The van der Waals surface area contributed by atoms with Crippen LogP contribution >= 0.6 is 0 Å². The smallest absolute Gasteiger partial charge is 0.282 e. The lowest BCUT2D eigenvalue weighted by Crippen LogP contribution is -1.97. The predicted octanol–water partition coefficient (Wildman–Crippen LogP) is 4.68. The third kappa shape index (κ3) is 3.18. The summed E-state index contributed by atoms with van der Waals surface area (Å²) in [5.41, 5.74) is 4.96. The second-order valence-corrected chi connectivity index (χ2v) is 7.45. The normalized spacial score (nSPS) is 12.3. The number of fused-ring (bicyclic) bond motifs is 1. The zero-order valence-corrected chi connectivity index (χ0v) is 14.5. The third-order valence-corrected chi connectivity index (χ3v) is 5.00. The van der Waals surface area contributed by atoms with E-state index in [1.807, 2.05) is 19.1 Å². The molecule has 4 heteroatoms. The Morgan fingerprint density at radius 1 is 1.09 bits per heavy atom. The molecule has 2 aliphatic rings. The van der Waals surface area contributed by atoms with Gasteiger partial charge in [0.15, 0.2) is 0 Å². The van der Waals surface area contributed by atoms with Gasteiger partial charge in [-0.05, 0) is 47.1 Å². The lowest BCUT2D eigenvalue weighted by Gasteiger charge is -2.08. The maximum absolute atomic E-state index is 11.7. The molecule has 22 heavy (non-hydrogen) atoms. The van der Waals surface area contributed by atoms with E-state index in [2.05, 4.69) is 26.8 Å². The van der Waals surface area contributed by atoms with Crippen molar-refractivity contribution in [1.82, 2.24) is 0 Å². The molecule has 0 saturated carbocycles. The molecule has 0 aliphatic heterocycles. The summed E-state index contributed by atoms with van der Waals surface area (Å²) in [6.45, 7) is 8.38. The van der Waals surface area contributed by atoms with Crippen LogP contribution in [0.1, 0.15) is 56.7 Å². The molecular formula is C18H24O3S. The Morgan fingerprint density at radius 3 is 2.27 bits per heavy atom. The Labute approximate surface area is 133 Å². The predicted molar refractivity (Wildman–Crippen MR) is 90.3 cm³/mol. The zero-order chi connectivity index (χ0) is 16.5. The van der Waals surface area contributed by atoms with Gasteiger partial charge < -0.3 is 0 Å². The minimum Gasteiger partial charge on any atom is -0.282 e. The summed E-state index contributed by atoms with van der Waals surface area (Å²) in [5, 5.41) is 0. The summed E-state index contributed by atoms with van der Waals surface area (Å²) in [4.78, 5) is 0.0302. The van der Waals surface area contributed by atoms with Crippen LogP contribution in [0.25, 0.3) is 11.1 Å².